The van der Waals surface area contributed by atoms with Crippen LogP contribution in [0.5, 0.6) is 0 Å². The van der Waals surface area contributed by atoms with Crippen LogP contribution in [0.1, 0.15) is 22.3 Å². The van der Waals surface area contributed by atoms with Crippen LogP contribution in [0.25, 0.3) is 103 Å². The zero-order chi connectivity index (χ0) is 38.4. The third-order valence-electron chi connectivity index (χ3n) is 13.4. The van der Waals surface area contributed by atoms with Crippen LogP contribution < -0.4 is 0 Å². The molecule has 14 rings (SSSR count). The Morgan fingerprint density at radius 3 is 1.88 bits per heavy atom. The predicted octanol–water partition coefficient (Wildman–Crippen LogP) is 14.9. The Labute approximate surface area is 343 Å². The molecule has 3 heteroatoms. The third-order valence-corrected chi connectivity index (χ3v) is 14.5. The molecule has 3 heterocycles. The summed E-state index contributed by atoms with van der Waals surface area (Å²) in [5, 5.41) is 8.77. The van der Waals surface area contributed by atoms with Crippen LogP contribution in [-0.2, 0) is 5.41 Å². The van der Waals surface area contributed by atoms with Crippen LogP contribution in [0, 0.1) is 0 Å². The molecule has 272 valence electrons. The molecule has 0 saturated carbocycles. The van der Waals surface area contributed by atoms with E-state index in [2.05, 4.69) is 199 Å². The van der Waals surface area contributed by atoms with E-state index in [1.54, 1.807) is 0 Å². The third kappa shape index (κ3) is 3.98. The van der Waals surface area contributed by atoms with E-state index in [9.17, 15) is 0 Å². The molecule has 0 N–H and O–H groups in total. The highest BCUT2D eigenvalue weighted by molar-refractivity contribution is 7.25. The number of hydrogen-bond donors (Lipinski definition) is 0. The smallest absolute Gasteiger partial charge is 0.0789 e. The fourth-order valence-corrected chi connectivity index (χ4v) is 12.2. The lowest BCUT2D eigenvalue weighted by Gasteiger charge is -2.30. The number of para-hydroxylation sites is 2. The van der Waals surface area contributed by atoms with Gasteiger partial charge in [-0.1, -0.05) is 152 Å². The molecule has 0 saturated heterocycles. The maximum Gasteiger partial charge on any atom is 0.0789 e. The van der Waals surface area contributed by atoms with Gasteiger partial charge in [0.15, 0.2) is 0 Å². The molecule has 9 aromatic carbocycles. The summed E-state index contributed by atoms with van der Waals surface area (Å²) >= 11 is 1.88. The van der Waals surface area contributed by atoms with Crippen LogP contribution in [0.2, 0.25) is 0 Å². The number of pyridine rings is 1. The molecule has 2 aliphatic carbocycles. The number of nitrogens with zero attached hydrogens (tertiary/aromatic N) is 2. The van der Waals surface area contributed by atoms with E-state index in [4.69, 9.17) is 4.98 Å². The van der Waals surface area contributed by atoms with Crippen molar-refractivity contribution in [1.29, 1.82) is 0 Å². The largest absolute Gasteiger partial charge is 0.309 e. The van der Waals surface area contributed by atoms with Crippen LogP contribution in [0.15, 0.2) is 194 Å². The molecule has 0 aliphatic heterocycles. The second-order valence-corrected chi connectivity index (χ2v) is 17.2. The summed E-state index contributed by atoms with van der Waals surface area (Å²) in [6.45, 7) is 0. The number of aromatic nitrogens is 2. The summed E-state index contributed by atoms with van der Waals surface area (Å²) in [6, 6.07) is 72.2. The number of thiophene rings is 1. The maximum absolute atomic E-state index is 5.52. The van der Waals surface area contributed by atoms with Gasteiger partial charge in [-0.05, 0) is 87.0 Å². The Kier molecular flexibility index (Phi) is 6.13. The second kappa shape index (κ2) is 11.4. The van der Waals surface area contributed by atoms with Gasteiger partial charge in [0.05, 0.1) is 27.7 Å². The first-order valence-corrected chi connectivity index (χ1v) is 21.2. The van der Waals surface area contributed by atoms with Crippen molar-refractivity contribution < 1.29 is 0 Å². The first kappa shape index (κ1) is 31.7. The molecule has 2 nitrogen and oxygen atoms in total. The molecule has 0 atom stereocenters. The molecule has 0 fully saturated rings. The van der Waals surface area contributed by atoms with Gasteiger partial charge in [-0.15, -0.1) is 11.3 Å². The van der Waals surface area contributed by atoms with Gasteiger partial charge in [0.25, 0.3) is 0 Å². The quantitative estimate of drug-likeness (QED) is 0.160. The number of fused-ring (bicyclic) bond motifs is 20. The summed E-state index contributed by atoms with van der Waals surface area (Å²) in [6.07, 6.45) is 0. The van der Waals surface area contributed by atoms with E-state index in [-0.39, 0.29) is 0 Å². The van der Waals surface area contributed by atoms with Crippen LogP contribution >= 0.6 is 11.3 Å². The SMILES string of the molecule is c1cc(-c2nc3ccccc3c3c4c(ccc23)C2(c3ccccc3-c3ccccc32)c2ccccc2-4)cc(-n2c3ccccc3c3cc4sc5ccccc5c4cc32)c1. The number of hydrogen-bond acceptors (Lipinski definition) is 2. The lowest BCUT2D eigenvalue weighted by Crippen LogP contribution is -2.25. The molecule has 59 heavy (non-hydrogen) atoms. The van der Waals surface area contributed by atoms with Gasteiger partial charge in [-0.2, -0.15) is 0 Å². The van der Waals surface area contributed by atoms with Gasteiger partial charge >= 0.3 is 0 Å². The highest BCUT2D eigenvalue weighted by Crippen LogP contribution is 2.64. The fraction of sp³-hybridized carbons (Fsp3) is 0.0179. The molecule has 12 aromatic rings. The standard InChI is InChI=1S/C56H32N2S/c1-7-22-44-35(16-1)36-17-2-8-23-45(36)56(44)46-24-9-3-20-39(46)54-47(56)29-28-41-53(54)40-21-4-10-25-48(40)57-55(41)33-14-13-15-34(30-33)58-49-26-11-5-18-37(49)42-32-52-43(31-50(42)58)38-19-6-12-27-51(38)59-52/h1-32H. The Bertz CT molecular complexity index is 3760. The minimum Gasteiger partial charge on any atom is -0.309 e. The van der Waals surface area contributed by atoms with Crippen molar-refractivity contribution in [3.05, 3.63) is 216 Å². The molecule has 1 spiro atoms. The average Bonchev–Trinajstić information content (AvgIpc) is 4.01. The van der Waals surface area contributed by atoms with Crippen molar-refractivity contribution in [3.63, 3.8) is 0 Å². The summed E-state index contributed by atoms with van der Waals surface area (Å²) in [7, 11) is 0. The summed E-state index contributed by atoms with van der Waals surface area (Å²) in [5.74, 6) is 0. The number of benzene rings is 9. The van der Waals surface area contributed by atoms with Crippen molar-refractivity contribution in [3.8, 4) is 39.2 Å². The van der Waals surface area contributed by atoms with E-state index in [1.165, 1.54) is 103 Å². The first-order valence-electron chi connectivity index (χ1n) is 20.4. The van der Waals surface area contributed by atoms with Crippen LogP contribution in [0.4, 0.5) is 0 Å². The minimum atomic E-state index is -0.409. The number of rotatable bonds is 2. The Morgan fingerprint density at radius 2 is 1.07 bits per heavy atom. The molecular formula is C56H32N2S. The van der Waals surface area contributed by atoms with E-state index < -0.39 is 5.41 Å². The summed E-state index contributed by atoms with van der Waals surface area (Å²) < 4.78 is 5.10. The molecule has 3 aromatic heterocycles. The lowest BCUT2D eigenvalue weighted by molar-refractivity contribution is 0.794. The van der Waals surface area contributed by atoms with Gasteiger partial charge in [0.2, 0.25) is 0 Å². The molecule has 0 bridgehead atoms. The van der Waals surface area contributed by atoms with Gasteiger partial charge in [-0.25, -0.2) is 4.98 Å². The highest BCUT2D eigenvalue weighted by Gasteiger charge is 2.52. The van der Waals surface area contributed by atoms with Crippen molar-refractivity contribution in [2.75, 3.05) is 0 Å². The predicted molar refractivity (Wildman–Crippen MR) is 248 cm³/mol. The summed E-state index contributed by atoms with van der Waals surface area (Å²) in [5.41, 5.74) is 16.9. The van der Waals surface area contributed by atoms with Crippen LogP contribution in [0.3, 0.4) is 0 Å². The second-order valence-electron chi connectivity index (χ2n) is 16.1. The van der Waals surface area contributed by atoms with Gasteiger partial charge < -0.3 is 4.57 Å². The average molecular weight is 765 g/mol. The molecule has 0 radical (unpaired) electrons. The van der Waals surface area contributed by atoms with Crippen molar-refractivity contribution in [2.24, 2.45) is 0 Å². The van der Waals surface area contributed by atoms with Gasteiger partial charge in [-0.3, -0.25) is 0 Å². The Morgan fingerprint density at radius 1 is 0.407 bits per heavy atom. The fourth-order valence-electron chi connectivity index (χ4n) is 11.1. The Hall–Kier alpha value is -7.33. The first-order chi connectivity index (χ1) is 29.3. The zero-order valence-corrected chi connectivity index (χ0v) is 32.6. The monoisotopic (exact) mass is 764 g/mol. The molecule has 0 unspecified atom stereocenters. The van der Waals surface area contributed by atoms with Gasteiger partial charge in [0, 0.05) is 58.4 Å². The van der Waals surface area contributed by atoms with Crippen LogP contribution in [-0.4, -0.2) is 9.55 Å². The van der Waals surface area contributed by atoms with E-state index >= 15 is 0 Å². The lowest BCUT2D eigenvalue weighted by atomic mass is 9.70. The van der Waals surface area contributed by atoms with Crippen molar-refractivity contribution in [2.45, 2.75) is 5.41 Å². The summed E-state index contributed by atoms with van der Waals surface area (Å²) in [4.78, 5) is 5.52. The normalized spacial score (nSPS) is 13.6. The van der Waals surface area contributed by atoms with E-state index in [1.807, 2.05) is 11.3 Å². The Balaban J connectivity index is 1.06. The molecule has 2 aliphatic rings. The van der Waals surface area contributed by atoms with E-state index in [0.29, 0.717) is 0 Å². The van der Waals surface area contributed by atoms with Gasteiger partial charge in [0.1, 0.15) is 0 Å². The zero-order valence-electron chi connectivity index (χ0n) is 31.8. The van der Waals surface area contributed by atoms with Crippen molar-refractivity contribution >= 4 is 75.0 Å². The van der Waals surface area contributed by atoms with E-state index in [0.717, 1.165) is 22.5 Å². The maximum atomic E-state index is 5.52. The topological polar surface area (TPSA) is 17.8 Å². The minimum absolute atomic E-state index is 0.409. The highest BCUT2D eigenvalue weighted by atomic mass is 32.1. The molecule has 0 amide bonds. The van der Waals surface area contributed by atoms with Crippen molar-refractivity contribution in [1.82, 2.24) is 9.55 Å². The molecular weight excluding hydrogens is 733 g/mol.